The second-order valence-electron chi connectivity index (χ2n) is 3.89. The van der Waals surface area contributed by atoms with Crippen molar-refractivity contribution >= 4 is 17.5 Å². The molecule has 2 rings (SSSR count). The number of aromatic nitrogens is 2. The lowest BCUT2D eigenvalue weighted by Gasteiger charge is -2.05. The number of amides is 1. The van der Waals surface area contributed by atoms with Gasteiger partial charge in [0.2, 0.25) is 17.6 Å². The van der Waals surface area contributed by atoms with Crippen molar-refractivity contribution in [2.45, 2.75) is 19.9 Å². The number of rotatable bonds is 3. The van der Waals surface area contributed by atoms with Crippen molar-refractivity contribution < 1.29 is 9.32 Å². The van der Waals surface area contributed by atoms with Crippen LogP contribution in [-0.4, -0.2) is 16.0 Å². The van der Waals surface area contributed by atoms with Crippen molar-refractivity contribution in [3.63, 3.8) is 0 Å². The fourth-order valence-electron chi connectivity index (χ4n) is 1.49. The van der Waals surface area contributed by atoms with Crippen molar-refractivity contribution in [3.05, 3.63) is 35.2 Å². The number of hydrogen-bond acceptors (Lipinski definition) is 4. The molecule has 1 aromatic carbocycles. The smallest absolute Gasteiger partial charge is 0.249 e. The first-order valence-corrected chi connectivity index (χ1v) is 5.80. The molecule has 0 saturated heterocycles. The van der Waals surface area contributed by atoms with Crippen molar-refractivity contribution in [1.82, 2.24) is 15.5 Å². The molecule has 94 valence electrons. The highest BCUT2D eigenvalue weighted by molar-refractivity contribution is 6.30. The topological polar surface area (TPSA) is 68.0 Å². The van der Waals surface area contributed by atoms with Gasteiger partial charge in [-0.3, -0.25) is 4.79 Å². The first-order valence-electron chi connectivity index (χ1n) is 5.43. The second kappa shape index (κ2) is 5.18. The summed E-state index contributed by atoms with van der Waals surface area (Å²) in [7, 11) is 0. The number of nitrogens with zero attached hydrogens (tertiary/aromatic N) is 2. The maximum atomic E-state index is 10.9. The number of hydrogen-bond donors (Lipinski definition) is 1. The third-order valence-electron chi connectivity index (χ3n) is 2.33. The molecular formula is C12H12ClN3O2. The molecule has 6 heteroatoms. The molecule has 1 N–H and O–H groups in total. The normalized spacial score (nSPS) is 12.2. The molecule has 0 spiro atoms. The van der Waals surface area contributed by atoms with Crippen molar-refractivity contribution in [1.29, 1.82) is 0 Å². The second-order valence-corrected chi connectivity index (χ2v) is 4.32. The van der Waals surface area contributed by atoms with Gasteiger partial charge < -0.3 is 9.84 Å². The predicted octanol–water partition coefficient (Wildman–Crippen LogP) is 2.59. The maximum absolute atomic E-state index is 10.9. The number of halogens is 1. The summed E-state index contributed by atoms with van der Waals surface area (Å²) < 4.78 is 5.10. The molecule has 0 radical (unpaired) electrons. The van der Waals surface area contributed by atoms with Gasteiger partial charge in [0, 0.05) is 17.5 Å². The van der Waals surface area contributed by atoms with E-state index in [2.05, 4.69) is 15.5 Å². The zero-order chi connectivity index (χ0) is 13.1. The molecule has 0 aliphatic rings. The molecule has 0 saturated carbocycles. The van der Waals surface area contributed by atoms with Gasteiger partial charge in [-0.05, 0) is 31.2 Å². The van der Waals surface area contributed by atoms with E-state index in [4.69, 9.17) is 16.1 Å². The highest BCUT2D eigenvalue weighted by Crippen LogP contribution is 2.20. The van der Waals surface area contributed by atoms with Gasteiger partial charge in [-0.25, -0.2) is 0 Å². The van der Waals surface area contributed by atoms with Crippen molar-refractivity contribution in [2.24, 2.45) is 0 Å². The predicted molar refractivity (Wildman–Crippen MR) is 67.0 cm³/mol. The molecule has 1 aromatic heterocycles. The average Bonchev–Trinajstić information content (AvgIpc) is 2.78. The number of carbonyl (C=O) groups is 1. The Kier molecular flexibility index (Phi) is 3.62. The first-order chi connectivity index (χ1) is 8.56. The average molecular weight is 266 g/mol. The summed E-state index contributed by atoms with van der Waals surface area (Å²) in [4.78, 5) is 15.2. The van der Waals surface area contributed by atoms with Crippen LogP contribution in [0.2, 0.25) is 5.02 Å². The van der Waals surface area contributed by atoms with Gasteiger partial charge in [-0.1, -0.05) is 16.8 Å². The number of benzene rings is 1. The first kappa shape index (κ1) is 12.6. The highest BCUT2D eigenvalue weighted by atomic mass is 35.5. The Balaban J connectivity index is 2.19. The molecule has 5 nitrogen and oxygen atoms in total. The van der Waals surface area contributed by atoms with Gasteiger partial charge >= 0.3 is 0 Å². The summed E-state index contributed by atoms with van der Waals surface area (Å²) in [6.45, 7) is 3.22. The van der Waals surface area contributed by atoms with Gasteiger partial charge in [0.1, 0.15) is 6.04 Å². The molecule has 18 heavy (non-hydrogen) atoms. The van der Waals surface area contributed by atoms with E-state index in [9.17, 15) is 4.79 Å². The molecule has 0 aliphatic heterocycles. The third kappa shape index (κ3) is 2.87. The maximum Gasteiger partial charge on any atom is 0.249 e. The van der Waals surface area contributed by atoms with Crippen LogP contribution >= 0.6 is 11.6 Å². The lowest BCUT2D eigenvalue weighted by Crippen LogP contribution is -2.23. The highest BCUT2D eigenvalue weighted by Gasteiger charge is 2.15. The van der Waals surface area contributed by atoms with Crippen molar-refractivity contribution in [2.75, 3.05) is 0 Å². The molecule has 0 aliphatic carbocycles. The minimum atomic E-state index is -0.309. The lowest BCUT2D eigenvalue weighted by molar-refractivity contribution is -0.119. The van der Waals surface area contributed by atoms with Crippen molar-refractivity contribution in [3.8, 4) is 11.4 Å². The monoisotopic (exact) mass is 265 g/mol. The third-order valence-corrected chi connectivity index (χ3v) is 2.59. The molecule has 2 aromatic rings. The molecule has 0 bridgehead atoms. The Labute approximate surface area is 109 Å². The van der Waals surface area contributed by atoms with Crippen LogP contribution < -0.4 is 5.32 Å². The Morgan fingerprint density at radius 1 is 1.39 bits per heavy atom. The Morgan fingerprint density at radius 3 is 2.67 bits per heavy atom. The molecule has 1 unspecified atom stereocenters. The van der Waals surface area contributed by atoms with Crippen LogP contribution in [0.5, 0.6) is 0 Å². The van der Waals surface area contributed by atoms with Crippen LogP contribution in [-0.2, 0) is 4.79 Å². The van der Waals surface area contributed by atoms with Gasteiger partial charge in [0.15, 0.2) is 0 Å². The minimum absolute atomic E-state index is 0.145. The van der Waals surface area contributed by atoms with E-state index < -0.39 is 0 Å². The Morgan fingerprint density at radius 2 is 2.06 bits per heavy atom. The summed E-state index contributed by atoms with van der Waals surface area (Å²) >= 11 is 5.80. The summed E-state index contributed by atoms with van der Waals surface area (Å²) in [5.74, 6) is 0.697. The molecule has 1 amide bonds. The largest absolute Gasteiger partial charge is 0.345 e. The number of carbonyl (C=O) groups excluding carboxylic acids is 1. The van der Waals surface area contributed by atoms with Crippen LogP contribution in [0, 0.1) is 0 Å². The van der Waals surface area contributed by atoms with Gasteiger partial charge in [-0.2, -0.15) is 4.98 Å². The zero-order valence-corrected chi connectivity index (χ0v) is 10.7. The molecular weight excluding hydrogens is 254 g/mol. The van der Waals surface area contributed by atoms with Gasteiger partial charge in [0.05, 0.1) is 0 Å². The fraction of sp³-hybridized carbons (Fsp3) is 0.250. The lowest BCUT2D eigenvalue weighted by atomic mass is 10.2. The Bertz CT molecular complexity index is 551. The van der Waals surface area contributed by atoms with Crippen LogP contribution in [0.25, 0.3) is 11.4 Å². The van der Waals surface area contributed by atoms with E-state index in [1.165, 1.54) is 6.92 Å². The van der Waals surface area contributed by atoms with E-state index in [1.54, 1.807) is 31.2 Å². The van der Waals surface area contributed by atoms with Crippen LogP contribution in [0.15, 0.2) is 28.8 Å². The van der Waals surface area contributed by atoms with Gasteiger partial charge in [0.25, 0.3) is 0 Å². The summed E-state index contributed by atoms with van der Waals surface area (Å²) in [5, 5.41) is 7.19. The summed E-state index contributed by atoms with van der Waals surface area (Å²) in [6.07, 6.45) is 0. The van der Waals surface area contributed by atoms with E-state index in [0.717, 1.165) is 5.56 Å². The minimum Gasteiger partial charge on any atom is -0.345 e. The van der Waals surface area contributed by atoms with Crippen LogP contribution in [0.1, 0.15) is 25.8 Å². The van der Waals surface area contributed by atoms with E-state index >= 15 is 0 Å². The standard InChI is InChI=1S/C12H12ClN3O2/c1-7(14-8(2)17)12-15-11(16-18-12)9-3-5-10(13)6-4-9/h3-7H,1-2H3,(H,14,17). The van der Waals surface area contributed by atoms with E-state index in [0.29, 0.717) is 16.7 Å². The SMILES string of the molecule is CC(=O)NC(C)c1nc(-c2ccc(Cl)cc2)no1. The fourth-order valence-corrected chi connectivity index (χ4v) is 1.62. The Hall–Kier alpha value is -1.88. The van der Waals surface area contributed by atoms with Crippen LogP contribution in [0.4, 0.5) is 0 Å². The van der Waals surface area contributed by atoms with Crippen LogP contribution in [0.3, 0.4) is 0 Å². The van der Waals surface area contributed by atoms with E-state index in [-0.39, 0.29) is 11.9 Å². The van der Waals surface area contributed by atoms with E-state index in [1.807, 2.05) is 0 Å². The zero-order valence-electron chi connectivity index (χ0n) is 9.98. The summed E-state index contributed by atoms with van der Waals surface area (Å²) in [5.41, 5.74) is 0.810. The number of nitrogens with one attached hydrogen (secondary N) is 1. The molecule has 1 heterocycles. The van der Waals surface area contributed by atoms with Gasteiger partial charge in [-0.15, -0.1) is 0 Å². The quantitative estimate of drug-likeness (QED) is 0.926. The molecule has 0 fully saturated rings. The molecule has 1 atom stereocenters. The summed E-state index contributed by atoms with van der Waals surface area (Å²) in [6, 6.07) is 6.81.